The average Bonchev–Trinajstić information content (AvgIpc) is 2.39. The quantitative estimate of drug-likeness (QED) is 0.801. The largest absolute Gasteiger partial charge is 0.495 e. The van der Waals surface area contributed by atoms with Gasteiger partial charge in [-0.1, -0.05) is 15.9 Å². The Hall–Kier alpha value is -1.40. The van der Waals surface area contributed by atoms with Gasteiger partial charge in [-0.2, -0.15) is 0 Å². The van der Waals surface area contributed by atoms with Crippen LogP contribution in [0.15, 0.2) is 56.7 Å². The number of methoxy groups -OCH3 is 1. The third kappa shape index (κ3) is 2.79. The highest BCUT2D eigenvalue weighted by Gasteiger charge is 2.22. The fourth-order valence-electron chi connectivity index (χ4n) is 1.60. The van der Waals surface area contributed by atoms with Crippen molar-refractivity contribution in [2.45, 2.75) is 9.79 Å². The van der Waals surface area contributed by atoms with Crippen molar-refractivity contribution in [2.75, 3.05) is 7.11 Å². The molecule has 0 saturated carbocycles. The van der Waals surface area contributed by atoms with Crippen molar-refractivity contribution in [2.24, 2.45) is 0 Å². The lowest BCUT2D eigenvalue weighted by molar-refractivity contribution is 0.402. The third-order valence-corrected chi connectivity index (χ3v) is 4.82. The van der Waals surface area contributed by atoms with Crippen LogP contribution in [-0.4, -0.2) is 15.5 Å². The van der Waals surface area contributed by atoms with Gasteiger partial charge in [0.15, 0.2) is 0 Å². The Balaban J connectivity index is 2.62. The summed E-state index contributed by atoms with van der Waals surface area (Å²) in [5.74, 6) is -0.243. The van der Waals surface area contributed by atoms with E-state index < -0.39 is 15.7 Å². The van der Waals surface area contributed by atoms with Crippen molar-refractivity contribution in [3.63, 3.8) is 0 Å². The predicted octanol–water partition coefficient (Wildman–Crippen LogP) is 3.43. The third-order valence-electron chi connectivity index (χ3n) is 2.54. The van der Waals surface area contributed by atoms with Gasteiger partial charge in [0, 0.05) is 4.47 Å². The zero-order valence-electron chi connectivity index (χ0n) is 9.93. The number of hydrogen-bond acceptors (Lipinski definition) is 3. The molecule has 2 aromatic carbocycles. The minimum atomic E-state index is -3.74. The predicted molar refractivity (Wildman–Crippen MR) is 72.5 cm³/mol. The van der Waals surface area contributed by atoms with E-state index in [2.05, 4.69) is 15.9 Å². The smallest absolute Gasteiger partial charge is 0.210 e. The van der Waals surface area contributed by atoms with Gasteiger partial charge in [-0.3, -0.25) is 0 Å². The summed E-state index contributed by atoms with van der Waals surface area (Å²) in [5.41, 5.74) is 0. The summed E-state index contributed by atoms with van der Waals surface area (Å²) >= 11 is 3.22. The molecule has 0 heterocycles. The summed E-state index contributed by atoms with van der Waals surface area (Å²) < 4.78 is 43.4. The molecular formula is C13H10BrFO3S. The van der Waals surface area contributed by atoms with E-state index in [9.17, 15) is 12.8 Å². The van der Waals surface area contributed by atoms with Crippen molar-refractivity contribution in [3.05, 3.63) is 52.8 Å². The van der Waals surface area contributed by atoms with E-state index in [-0.39, 0.29) is 15.5 Å². The number of halogens is 2. The Morgan fingerprint density at radius 3 is 2.32 bits per heavy atom. The van der Waals surface area contributed by atoms with Gasteiger partial charge in [0.2, 0.25) is 9.84 Å². The van der Waals surface area contributed by atoms with E-state index in [1.54, 1.807) is 12.1 Å². The highest BCUT2D eigenvalue weighted by molar-refractivity contribution is 9.10. The van der Waals surface area contributed by atoms with Gasteiger partial charge in [0.05, 0.1) is 12.0 Å². The van der Waals surface area contributed by atoms with E-state index in [4.69, 9.17) is 4.74 Å². The molecule has 6 heteroatoms. The summed E-state index contributed by atoms with van der Waals surface area (Å²) in [6.45, 7) is 0. The molecule has 0 N–H and O–H groups in total. The topological polar surface area (TPSA) is 43.4 Å². The van der Waals surface area contributed by atoms with Gasteiger partial charge >= 0.3 is 0 Å². The molecule has 0 aliphatic rings. The summed E-state index contributed by atoms with van der Waals surface area (Å²) in [4.78, 5) is 0.0567. The first-order valence-corrected chi connectivity index (χ1v) is 7.57. The van der Waals surface area contributed by atoms with Crippen molar-refractivity contribution < 1.29 is 17.5 Å². The maximum Gasteiger partial charge on any atom is 0.210 e. The second-order valence-corrected chi connectivity index (χ2v) is 6.59. The lowest BCUT2D eigenvalue weighted by Gasteiger charge is -2.10. The molecule has 100 valence electrons. The van der Waals surface area contributed by atoms with Crippen molar-refractivity contribution >= 4 is 25.8 Å². The monoisotopic (exact) mass is 344 g/mol. The van der Waals surface area contributed by atoms with E-state index in [0.29, 0.717) is 4.47 Å². The first-order valence-electron chi connectivity index (χ1n) is 5.29. The Bertz CT molecular complexity index is 696. The van der Waals surface area contributed by atoms with Crippen LogP contribution < -0.4 is 4.74 Å². The van der Waals surface area contributed by atoms with Gasteiger partial charge in [-0.25, -0.2) is 12.8 Å². The van der Waals surface area contributed by atoms with Gasteiger partial charge in [0.1, 0.15) is 16.5 Å². The van der Waals surface area contributed by atoms with Crippen LogP contribution in [0.25, 0.3) is 0 Å². The molecule has 19 heavy (non-hydrogen) atoms. The van der Waals surface area contributed by atoms with Gasteiger partial charge < -0.3 is 4.74 Å². The molecule has 0 spiro atoms. The lowest BCUT2D eigenvalue weighted by atomic mass is 10.3. The SMILES string of the molecule is COc1ccc(Br)cc1S(=O)(=O)c1ccc(F)cc1. The molecule has 0 aliphatic carbocycles. The number of rotatable bonds is 3. The van der Waals surface area contributed by atoms with Crippen molar-refractivity contribution in [1.29, 1.82) is 0 Å². The summed E-state index contributed by atoms with van der Waals surface area (Å²) in [6.07, 6.45) is 0. The normalized spacial score (nSPS) is 11.3. The molecule has 0 radical (unpaired) electrons. The van der Waals surface area contributed by atoms with Crippen LogP contribution in [0.4, 0.5) is 4.39 Å². The molecule has 0 aromatic heterocycles. The van der Waals surface area contributed by atoms with E-state index >= 15 is 0 Å². The molecule has 2 rings (SSSR count). The van der Waals surface area contributed by atoms with Gasteiger partial charge in [-0.15, -0.1) is 0 Å². The maximum absolute atomic E-state index is 12.9. The Morgan fingerprint density at radius 1 is 1.11 bits per heavy atom. The standard InChI is InChI=1S/C13H10BrFO3S/c1-18-12-7-2-9(14)8-13(12)19(16,17)11-5-3-10(15)4-6-11/h2-8H,1H3. The molecule has 0 bridgehead atoms. The lowest BCUT2D eigenvalue weighted by Crippen LogP contribution is -2.04. The van der Waals surface area contributed by atoms with Crippen molar-refractivity contribution in [1.82, 2.24) is 0 Å². The molecule has 0 atom stereocenters. The molecule has 0 unspecified atom stereocenters. The highest BCUT2D eigenvalue weighted by Crippen LogP contribution is 2.31. The van der Waals surface area contributed by atoms with Crippen LogP contribution >= 0.6 is 15.9 Å². The van der Waals surface area contributed by atoms with Crippen LogP contribution in [0, 0.1) is 5.82 Å². The maximum atomic E-state index is 12.9. The minimum absolute atomic E-state index is 0.0188. The first-order chi connectivity index (χ1) is 8.95. The van der Waals surface area contributed by atoms with Crippen LogP contribution in [0.2, 0.25) is 0 Å². The molecule has 0 fully saturated rings. The van der Waals surface area contributed by atoms with Crippen LogP contribution in [0.3, 0.4) is 0 Å². The van der Waals surface area contributed by atoms with E-state index in [0.717, 1.165) is 12.1 Å². The number of hydrogen-bond donors (Lipinski definition) is 0. The average molecular weight is 345 g/mol. The fraction of sp³-hybridized carbons (Fsp3) is 0.0769. The fourth-order valence-corrected chi connectivity index (χ4v) is 3.56. The number of benzene rings is 2. The van der Waals surface area contributed by atoms with Crippen molar-refractivity contribution in [3.8, 4) is 5.75 Å². The first kappa shape index (κ1) is 14.0. The second-order valence-electron chi connectivity index (χ2n) is 3.75. The van der Waals surface area contributed by atoms with Crippen LogP contribution in [0.5, 0.6) is 5.75 Å². The van der Waals surface area contributed by atoms with Crippen LogP contribution in [0.1, 0.15) is 0 Å². The van der Waals surface area contributed by atoms with E-state index in [1.165, 1.54) is 25.3 Å². The zero-order chi connectivity index (χ0) is 14.0. The summed E-state index contributed by atoms with van der Waals surface area (Å²) in [5, 5.41) is 0. The molecule has 3 nitrogen and oxygen atoms in total. The number of ether oxygens (including phenoxy) is 1. The second kappa shape index (κ2) is 5.30. The van der Waals surface area contributed by atoms with Gasteiger partial charge in [0.25, 0.3) is 0 Å². The summed E-state index contributed by atoms with van der Waals surface area (Å²) in [6, 6.07) is 9.37. The summed E-state index contributed by atoms with van der Waals surface area (Å²) in [7, 11) is -2.35. The van der Waals surface area contributed by atoms with Crippen LogP contribution in [-0.2, 0) is 9.84 Å². The van der Waals surface area contributed by atoms with E-state index in [1.807, 2.05) is 0 Å². The molecule has 0 amide bonds. The highest BCUT2D eigenvalue weighted by atomic mass is 79.9. The number of sulfone groups is 1. The molecule has 0 aliphatic heterocycles. The zero-order valence-corrected chi connectivity index (χ0v) is 12.3. The Morgan fingerprint density at radius 2 is 1.74 bits per heavy atom. The Labute approximate surface area is 119 Å². The minimum Gasteiger partial charge on any atom is -0.495 e. The van der Waals surface area contributed by atoms with Gasteiger partial charge in [-0.05, 0) is 42.5 Å². The molecular weight excluding hydrogens is 335 g/mol. The Kier molecular flexibility index (Phi) is 3.91. The molecule has 0 saturated heterocycles. The molecule has 2 aromatic rings.